The fourth-order valence-electron chi connectivity index (χ4n) is 13.3. The summed E-state index contributed by atoms with van der Waals surface area (Å²) in [5.74, 6) is 3.41. The third kappa shape index (κ3) is 4.45. The van der Waals surface area contributed by atoms with E-state index >= 15 is 0 Å². The standard InChI is InChI=1S/C54H51NO/c1-52(2)25-26-53(3,4)46-32-39(23-24-44(46)52)55(47-16-10-18-49-51(47)42-12-6-8-17-48(42)56-49)38-21-19-35(20-22-38)40-13-9-15-45-50(40)41-11-5-7-14-43(41)54(45)36-28-33-27-34(30-36)31-37(54)29-33/h5-24,32-34,36-37H,25-31H2,1-4H3. The number of nitrogens with zero attached hydrogens (tertiary/aromatic N) is 1. The zero-order valence-corrected chi connectivity index (χ0v) is 33.2. The van der Waals surface area contributed by atoms with Crippen LogP contribution in [-0.4, -0.2) is 0 Å². The van der Waals surface area contributed by atoms with E-state index in [0.29, 0.717) is 0 Å². The predicted molar refractivity (Wildman–Crippen MR) is 232 cm³/mol. The summed E-state index contributed by atoms with van der Waals surface area (Å²) in [7, 11) is 0. The fraction of sp³-hybridized carbons (Fsp3) is 0.333. The molecule has 7 aromatic rings. The van der Waals surface area contributed by atoms with Crippen LogP contribution in [0, 0.1) is 23.7 Å². The molecule has 56 heavy (non-hydrogen) atoms. The Hall–Kier alpha value is -5.08. The van der Waals surface area contributed by atoms with E-state index in [0.717, 1.165) is 57.0 Å². The van der Waals surface area contributed by atoms with Crippen molar-refractivity contribution in [3.63, 3.8) is 0 Å². The molecule has 6 aliphatic rings. The number of hydrogen-bond acceptors (Lipinski definition) is 2. The quantitative estimate of drug-likeness (QED) is 0.179. The van der Waals surface area contributed by atoms with Crippen LogP contribution in [0.15, 0.2) is 132 Å². The molecular weight excluding hydrogens is 679 g/mol. The van der Waals surface area contributed by atoms with E-state index in [9.17, 15) is 0 Å². The van der Waals surface area contributed by atoms with Crippen molar-refractivity contribution in [1.82, 2.24) is 0 Å². The molecule has 0 radical (unpaired) electrons. The molecule has 6 aromatic carbocycles. The van der Waals surface area contributed by atoms with Crippen LogP contribution < -0.4 is 4.90 Å². The summed E-state index contributed by atoms with van der Waals surface area (Å²) in [4.78, 5) is 2.49. The van der Waals surface area contributed by atoms with Gasteiger partial charge in [0.15, 0.2) is 0 Å². The Labute approximate surface area is 331 Å². The van der Waals surface area contributed by atoms with Crippen molar-refractivity contribution in [3.8, 4) is 22.3 Å². The van der Waals surface area contributed by atoms with Crippen molar-refractivity contribution in [2.45, 2.75) is 88.9 Å². The number of anilines is 3. The summed E-state index contributed by atoms with van der Waals surface area (Å²) in [6.07, 6.45) is 9.50. The van der Waals surface area contributed by atoms with Crippen LogP contribution in [0.25, 0.3) is 44.2 Å². The van der Waals surface area contributed by atoms with E-state index in [-0.39, 0.29) is 16.2 Å². The average Bonchev–Trinajstić information content (AvgIpc) is 3.74. The number of fused-ring (bicyclic) bond motifs is 7. The van der Waals surface area contributed by atoms with Crippen molar-refractivity contribution in [2.75, 3.05) is 4.90 Å². The fourth-order valence-corrected chi connectivity index (χ4v) is 13.3. The lowest BCUT2D eigenvalue weighted by Crippen LogP contribution is -2.55. The van der Waals surface area contributed by atoms with Crippen LogP contribution in [0.5, 0.6) is 0 Å². The Bertz CT molecular complexity index is 2700. The summed E-state index contributed by atoms with van der Waals surface area (Å²) in [5.41, 5.74) is 17.6. The molecular formula is C54H51NO. The highest BCUT2D eigenvalue weighted by atomic mass is 16.3. The molecule has 0 unspecified atom stereocenters. The second-order valence-electron chi connectivity index (χ2n) is 19.6. The molecule has 1 spiro atoms. The molecule has 4 bridgehead atoms. The molecule has 1 heterocycles. The number of benzene rings is 6. The highest BCUT2D eigenvalue weighted by Gasteiger charge is 2.61. The first-order chi connectivity index (χ1) is 27.2. The third-order valence-electron chi connectivity index (χ3n) is 15.7. The Kier molecular flexibility index (Phi) is 6.80. The van der Waals surface area contributed by atoms with Gasteiger partial charge in [0.1, 0.15) is 11.2 Å². The van der Waals surface area contributed by atoms with Crippen LogP contribution in [0.4, 0.5) is 17.1 Å². The minimum Gasteiger partial charge on any atom is -0.456 e. The maximum Gasteiger partial charge on any atom is 0.137 e. The Morgan fingerprint density at radius 2 is 1.14 bits per heavy atom. The number of para-hydroxylation sites is 1. The second-order valence-corrected chi connectivity index (χ2v) is 19.6. The molecule has 1 aromatic heterocycles. The van der Waals surface area contributed by atoms with Gasteiger partial charge < -0.3 is 9.32 Å². The molecule has 0 N–H and O–H groups in total. The molecule has 6 aliphatic carbocycles. The normalized spacial score (nSPS) is 26.1. The van der Waals surface area contributed by atoms with Crippen molar-refractivity contribution in [2.24, 2.45) is 23.7 Å². The molecule has 0 atom stereocenters. The Balaban J connectivity index is 1.03. The molecule has 0 amide bonds. The average molecular weight is 730 g/mol. The Morgan fingerprint density at radius 1 is 0.518 bits per heavy atom. The van der Waals surface area contributed by atoms with E-state index in [1.54, 1.807) is 11.1 Å². The van der Waals surface area contributed by atoms with Crippen LogP contribution in [0.2, 0.25) is 0 Å². The zero-order chi connectivity index (χ0) is 37.6. The van der Waals surface area contributed by atoms with E-state index in [2.05, 4.69) is 160 Å². The van der Waals surface area contributed by atoms with Gasteiger partial charge >= 0.3 is 0 Å². The summed E-state index contributed by atoms with van der Waals surface area (Å²) in [5, 5.41) is 2.30. The lowest BCUT2D eigenvalue weighted by Gasteiger charge is -2.61. The van der Waals surface area contributed by atoms with Gasteiger partial charge in [-0.3, -0.25) is 0 Å². The van der Waals surface area contributed by atoms with Gasteiger partial charge in [-0.2, -0.15) is 0 Å². The number of furan rings is 1. The van der Waals surface area contributed by atoms with Crippen molar-refractivity contribution in [3.05, 3.63) is 150 Å². The lowest BCUT2D eigenvalue weighted by atomic mass is 9.43. The van der Waals surface area contributed by atoms with Crippen LogP contribution in [-0.2, 0) is 16.2 Å². The zero-order valence-electron chi connectivity index (χ0n) is 33.2. The van der Waals surface area contributed by atoms with E-state index in [1.807, 2.05) is 0 Å². The topological polar surface area (TPSA) is 16.4 Å². The first-order valence-electron chi connectivity index (χ1n) is 21.4. The lowest BCUT2D eigenvalue weighted by molar-refractivity contribution is -0.0399. The first kappa shape index (κ1) is 33.1. The second kappa shape index (κ2) is 11.5. The summed E-state index contributed by atoms with van der Waals surface area (Å²) in [6, 6.07) is 48.6. The van der Waals surface area contributed by atoms with Gasteiger partial charge in [0.05, 0.1) is 11.1 Å². The van der Waals surface area contributed by atoms with Gasteiger partial charge in [0.2, 0.25) is 0 Å². The molecule has 278 valence electrons. The molecule has 0 aliphatic heterocycles. The Morgan fingerprint density at radius 3 is 1.93 bits per heavy atom. The van der Waals surface area contributed by atoms with Crippen molar-refractivity contribution >= 4 is 39.0 Å². The highest BCUT2D eigenvalue weighted by Crippen LogP contribution is 2.70. The van der Waals surface area contributed by atoms with E-state index in [4.69, 9.17) is 4.42 Å². The summed E-state index contributed by atoms with van der Waals surface area (Å²) >= 11 is 0. The van der Waals surface area contributed by atoms with Gasteiger partial charge in [0, 0.05) is 22.2 Å². The molecule has 2 nitrogen and oxygen atoms in total. The minimum atomic E-state index is 0.101. The van der Waals surface area contributed by atoms with E-state index < -0.39 is 0 Å². The van der Waals surface area contributed by atoms with Gasteiger partial charge in [-0.15, -0.1) is 0 Å². The van der Waals surface area contributed by atoms with Crippen LogP contribution >= 0.6 is 0 Å². The van der Waals surface area contributed by atoms with Gasteiger partial charge in [-0.05, 0) is 166 Å². The van der Waals surface area contributed by atoms with Gasteiger partial charge in [-0.1, -0.05) is 113 Å². The minimum absolute atomic E-state index is 0.101. The van der Waals surface area contributed by atoms with E-state index in [1.165, 1.54) is 84.0 Å². The maximum atomic E-state index is 6.47. The highest BCUT2D eigenvalue weighted by molar-refractivity contribution is 6.13. The van der Waals surface area contributed by atoms with Crippen molar-refractivity contribution in [1.29, 1.82) is 0 Å². The predicted octanol–water partition coefficient (Wildman–Crippen LogP) is 14.8. The van der Waals surface area contributed by atoms with Crippen LogP contribution in [0.3, 0.4) is 0 Å². The number of hydrogen-bond donors (Lipinski definition) is 0. The van der Waals surface area contributed by atoms with Crippen molar-refractivity contribution < 1.29 is 4.42 Å². The molecule has 4 fully saturated rings. The summed E-state index contributed by atoms with van der Waals surface area (Å²) in [6.45, 7) is 9.69. The van der Waals surface area contributed by atoms with Crippen LogP contribution in [0.1, 0.15) is 94.9 Å². The SMILES string of the molecule is CC1(C)CCC(C)(C)c2cc(N(c3ccc(-c4cccc5c4-c4ccccc4C54C5CC6CC(C5)CC4C6)cc3)c3cccc4oc5ccccc5c34)ccc21. The summed E-state index contributed by atoms with van der Waals surface area (Å²) < 4.78 is 6.47. The maximum absolute atomic E-state index is 6.47. The van der Waals surface area contributed by atoms with Gasteiger partial charge in [-0.25, -0.2) is 0 Å². The molecule has 2 heteroatoms. The number of rotatable bonds is 4. The first-order valence-corrected chi connectivity index (χ1v) is 21.4. The molecule has 13 rings (SSSR count). The molecule has 0 saturated heterocycles. The monoisotopic (exact) mass is 729 g/mol. The largest absolute Gasteiger partial charge is 0.456 e. The van der Waals surface area contributed by atoms with Gasteiger partial charge in [0.25, 0.3) is 0 Å². The smallest absolute Gasteiger partial charge is 0.137 e. The third-order valence-corrected chi connectivity index (χ3v) is 15.7. The molecule has 4 saturated carbocycles.